The fourth-order valence-electron chi connectivity index (χ4n) is 3.42. The van der Waals surface area contributed by atoms with Crippen molar-refractivity contribution in [1.82, 2.24) is 24.3 Å². The molecule has 146 valence electrons. The number of carbonyl (C=O) groups excluding carboxylic acids is 1. The monoisotopic (exact) mass is 394 g/mol. The van der Waals surface area contributed by atoms with Gasteiger partial charge in [0.1, 0.15) is 5.82 Å². The van der Waals surface area contributed by atoms with Gasteiger partial charge in [0, 0.05) is 30.7 Å². The molecule has 5 aromatic rings. The molecule has 0 saturated heterocycles. The summed E-state index contributed by atoms with van der Waals surface area (Å²) in [6.07, 6.45) is 9.45. The molecule has 0 bridgehead atoms. The minimum atomic E-state index is -0.245. The number of amides is 1. The summed E-state index contributed by atoms with van der Waals surface area (Å²) in [4.78, 5) is 28.9. The van der Waals surface area contributed by atoms with Gasteiger partial charge in [-0.3, -0.25) is 9.78 Å². The molecule has 7 nitrogen and oxygen atoms in total. The van der Waals surface area contributed by atoms with E-state index in [1.54, 1.807) is 18.7 Å². The number of aromatic amines is 1. The Balaban J connectivity index is 1.42. The number of pyridine rings is 2. The molecule has 0 spiro atoms. The maximum absolute atomic E-state index is 13.0. The highest BCUT2D eigenvalue weighted by Crippen LogP contribution is 2.21. The van der Waals surface area contributed by atoms with Gasteiger partial charge in [-0.25, -0.2) is 9.97 Å². The molecule has 1 aromatic carbocycles. The minimum Gasteiger partial charge on any atom is -0.345 e. The van der Waals surface area contributed by atoms with Crippen LogP contribution in [0.5, 0.6) is 0 Å². The van der Waals surface area contributed by atoms with E-state index in [1.807, 2.05) is 71.4 Å². The number of benzene rings is 1. The number of nitrogens with zero attached hydrogens (tertiary/aromatic N) is 4. The fourth-order valence-corrected chi connectivity index (χ4v) is 3.42. The van der Waals surface area contributed by atoms with Gasteiger partial charge in [0.2, 0.25) is 0 Å². The van der Waals surface area contributed by atoms with Crippen LogP contribution in [0.1, 0.15) is 21.9 Å². The van der Waals surface area contributed by atoms with Gasteiger partial charge in [-0.05, 0) is 41.5 Å². The molecule has 5 rings (SSSR count). The lowest BCUT2D eigenvalue weighted by molar-refractivity contribution is 0.102. The first kappa shape index (κ1) is 17.8. The Morgan fingerprint density at radius 2 is 1.90 bits per heavy atom. The molecule has 1 amide bonds. The molecule has 4 aromatic heterocycles. The van der Waals surface area contributed by atoms with Crippen LogP contribution >= 0.6 is 0 Å². The van der Waals surface area contributed by atoms with E-state index in [0.717, 1.165) is 28.2 Å². The average molecular weight is 394 g/mol. The third-order valence-corrected chi connectivity index (χ3v) is 4.87. The molecule has 30 heavy (non-hydrogen) atoms. The number of fused-ring (bicyclic) bond motifs is 1. The molecule has 0 aliphatic rings. The van der Waals surface area contributed by atoms with E-state index in [4.69, 9.17) is 0 Å². The summed E-state index contributed by atoms with van der Waals surface area (Å²) < 4.78 is 1.95. The first-order valence-corrected chi connectivity index (χ1v) is 9.53. The van der Waals surface area contributed by atoms with Crippen LogP contribution in [-0.2, 0) is 6.42 Å². The third-order valence-electron chi connectivity index (χ3n) is 4.87. The maximum atomic E-state index is 13.0. The molecule has 0 radical (unpaired) electrons. The Kier molecular flexibility index (Phi) is 4.53. The van der Waals surface area contributed by atoms with Gasteiger partial charge in [-0.1, -0.05) is 24.3 Å². The van der Waals surface area contributed by atoms with Crippen molar-refractivity contribution in [2.24, 2.45) is 0 Å². The number of H-pyrrole nitrogens is 1. The van der Waals surface area contributed by atoms with Crippen molar-refractivity contribution in [2.45, 2.75) is 6.42 Å². The SMILES string of the molecule is O=C(Nc1ccc(-c2cnc[nH]2)cc1)c1nc(Cc2cccnc2)n2ccccc12. The summed E-state index contributed by atoms with van der Waals surface area (Å²) in [7, 11) is 0. The Labute approximate surface area is 172 Å². The Bertz CT molecular complexity index is 1290. The van der Waals surface area contributed by atoms with Gasteiger partial charge >= 0.3 is 0 Å². The van der Waals surface area contributed by atoms with Gasteiger partial charge in [-0.2, -0.15) is 0 Å². The summed E-state index contributed by atoms with van der Waals surface area (Å²) >= 11 is 0. The van der Waals surface area contributed by atoms with E-state index in [2.05, 4.69) is 25.3 Å². The Hall–Kier alpha value is -4.26. The van der Waals surface area contributed by atoms with Crippen LogP contribution in [0.4, 0.5) is 5.69 Å². The summed E-state index contributed by atoms with van der Waals surface area (Å²) in [5.41, 5.74) is 4.82. The van der Waals surface area contributed by atoms with Crippen molar-refractivity contribution in [3.8, 4) is 11.3 Å². The van der Waals surface area contributed by atoms with E-state index in [1.165, 1.54) is 0 Å². The zero-order valence-corrected chi connectivity index (χ0v) is 16.0. The molecule has 0 saturated carbocycles. The topological polar surface area (TPSA) is 88.0 Å². The van der Waals surface area contributed by atoms with Crippen molar-refractivity contribution in [2.75, 3.05) is 5.32 Å². The number of imidazole rings is 2. The van der Waals surface area contributed by atoms with E-state index in [9.17, 15) is 4.79 Å². The molecular weight excluding hydrogens is 376 g/mol. The van der Waals surface area contributed by atoms with Gasteiger partial charge < -0.3 is 14.7 Å². The third kappa shape index (κ3) is 3.44. The molecule has 0 atom stereocenters. The number of hydrogen-bond donors (Lipinski definition) is 2. The van der Waals surface area contributed by atoms with Crippen molar-refractivity contribution >= 4 is 17.1 Å². The summed E-state index contributed by atoms with van der Waals surface area (Å²) in [6, 6.07) is 17.2. The second-order valence-corrected chi connectivity index (χ2v) is 6.87. The normalized spacial score (nSPS) is 10.9. The number of nitrogens with one attached hydrogen (secondary N) is 2. The van der Waals surface area contributed by atoms with Crippen molar-refractivity contribution < 1.29 is 4.79 Å². The minimum absolute atomic E-state index is 0.245. The van der Waals surface area contributed by atoms with Crippen LogP contribution < -0.4 is 5.32 Å². The highest BCUT2D eigenvalue weighted by molar-refractivity contribution is 6.07. The van der Waals surface area contributed by atoms with Gasteiger partial charge in [0.25, 0.3) is 5.91 Å². The van der Waals surface area contributed by atoms with Crippen molar-refractivity contribution in [3.63, 3.8) is 0 Å². The van der Waals surface area contributed by atoms with Crippen LogP contribution in [0.3, 0.4) is 0 Å². The van der Waals surface area contributed by atoms with Crippen LogP contribution in [0.25, 0.3) is 16.8 Å². The molecule has 2 N–H and O–H groups in total. The second kappa shape index (κ2) is 7.63. The first-order chi connectivity index (χ1) is 14.8. The van der Waals surface area contributed by atoms with E-state index in [0.29, 0.717) is 17.8 Å². The van der Waals surface area contributed by atoms with Gasteiger partial charge in [0.05, 0.1) is 23.7 Å². The van der Waals surface area contributed by atoms with Crippen molar-refractivity contribution in [1.29, 1.82) is 0 Å². The van der Waals surface area contributed by atoms with Crippen LogP contribution in [0.15, 0.2) is 85.7 Å². The smallest absolute Gasteiger partial charge is 0.276 e. The average Bonchev–Trinajstić information content (AvgIpc) is 3.44. The number of rotatable bonds is 5. The zero-order chi connectivity index (χ0) is 20.3. The second-order valence-electron chi connectivity index (χ2n) is 6.87. The van der Waals surface area contributed by atoms with Gasteiger partial charge in [0.15, 0.2) is 5.69 Å². The maximum Gasteiger partial charge on any atom is 0.276 e. The number of hydrogen-bond acceptors (Lipinski definition) is 4. The van der Waals surface area contributed by atoms with Crippen LogP contribution in [-0.4, -0.2) is 30.2 Å². The zero-order valence-electron chi connectivity index (χ0n) is 16.0. The number of aromatic nitrogens is 5. The van der Waals surface area contributed by atoms with E-state index < -0.39 is 0 Å². The number of carbonyl (C=O) groups is 1. The molecule has 0 aliphatic heterocycles. The molecule has 7 heteroatoms. The molecule has 4 heterocycles. The van der Waals surface area contributed by atoms with Crippen LogP contribution in [0.2, 0.25) is 0 Å². The lowest BCUT2D eigenvalue weighted by Gasteiger charge is -2.05. The lowest BCUT2D eigenvalue weighted by atomic mass is 10.1. The highest BCUT2D eigenvalue weighted by atomic mass is 16.1. The standard InChI is InChI=1S/C23H18N6O/c30-23(27-18-8-6-17(7-9-18)19-14-25-15-26-19)22-20-5-1-2-11-29(20)21(28-22)12-16-4-3-10-24-13-16/h1-11,13-15H,12H2,(H,25,26)(H,27,30). The Morgan fingerprint density at radius 1 is 1.00 bits per heavy atom. The van der Waals surface area contributed by atoms with Crippen molar-refractivity contribution in [3.05, 3.63) is 103 Å². The molecular formula is C23H18N6O. The largest absolute Gasteiger partial charge is 0.345 e. The molecule has 0 aliphatic carbocycles. The summed E-state index contributed by atoms with van der Waals surface area (Å²) in [5.74, 6) is 0.545. The summed E-state index contributed by atoms with van der Waals surface area (Å²) in [6.45, 7) is 0. The van der Waals surface area contributed by atoms with Gasteiger partial charge in [-0.15, -0.1) is 0 Å². The van der Waals surface area contributed by atoms with Crippen LogP contribution in [0, 0.1) is 0 Å². The highest BCUT2D eigenvalue weighted by Gasteiger charge is 2.18. The predicted molar refractivity (Wildman–Crippen MR) is 114 cm³/mol. The lowest BCUT2D eigenvalue weighted by Crippen LogP contribution is -2.12. The molecule has 0 fully saturated rings. The summed E-state index contributed by atoms with van der Waals surface area (Å²) in [5, 5.41) is 2.95. The number of anilines is 1. The Morgan fingerprint density at radius 3 is 2.67 bits per heavy atom. The quantitative estimate of drug-likeness (QED) is 0.472. The van der Waals surface area contributed by atoms with E-state index in [-0.39, 0.29) is 5.91 Å². The predicted octanol–water partition coefficient (Wildman–Crippen LogP) is 3.96. The molecule has 0 unspecified atom stereocenters. The van der Waals surface area contributed by atoms with E-state index >= 15 is 0 Å². The first-order valence-electron chi connectivity index (χ1n) is 9.53. The fraction of sp³-hybridized carbons (Fsp3) is 0.0435.